The maximum Gasteiger partial charge on any atom is 0.179 e. The third kappa shape index (κ3) is 1.94. The molecule has 1 N–H and O–H groups in total. The average Bonchev–Trinajstić information content (AvgIpc) is 2.69. The van der Waals surface area contributed by atoms with E-state index in [1.807, 2.05) is 18.3 Å². The molecule has 0 aliphatic rings. The minimum Gasteiger partial charge on any atom is -0.361 e. The number of nitrogens with one attached hydrogen (secondary N) is 1. The summed E-state index contributed by atoms with van der Waals surface area (Å²) in [6, 6.07) is 8.22. The lowest BCUT2D eigenvalue weighted by Crippen LogP contribution is -2.14. The highest BCUT2D eigenvalue weighted by molar-refractivity contribution is 5.83. The second-order valence-electron chi connectivity index (χ2n) is 3.63. The highest BCUT2D eigenvalue weighted by Crippen LogP contribution is 2.17. The number of hydrogen-bond acceptors (Lipinski definition) is 2. The molecule has 76 valence electrons. The van der Waals surface area contributed by atoms with Crippen molar-refractivity contribution in [3.05, 3.63) is 36.0 Å². The third-order valence-electron chi connectivity index (χ3n) is 2.56. The van der Waals surface area contributed by atoms with Gasteiger partial charge in [0.2, 0.25) is 0 Å². The largest absolute Gasteiger partial charge is 0.361 e. The summed E-state index contributed by atoms with van der Waals surface area (Å²) >= 11 is 0. The number of nitrogens with zero attached hydrogens (tertiary/aromatic N) is 2. The second-order valence-corrected chi connectivity index (χ2v) is 3.63. The molecule has 0 radical (unpaired) electrons. The number of benzene rings is 1. The summed E-state index contributed by atoms with van der Waals surface area (Å²) in [5.74, 6) is 0. The molecule has 2 aromatic rings. The normalized spacial score (nSPS) is 10.1. The predicted molar refractivity (Wildman–Crippen MR) is 60.2 cm³/mol. The first kappa shape index (κ1) is 9.60. The first-order valence-electron chi connectivity index (χ1n) is 4.97. The SMILES string of the molecule is CN(C#N)CCc1c[nH]c2ccccc12. The molecular formula is C12H13N3. The maximum atomic E-state index is 8.64. The number of likely N-dealkylation sites (N-methyl/N-ethyl adjacent to an activating group) is 1. The summed E-state index contributed by atoms with van der Waals surface area (Å²) in [4.78, 5) is 4.87. The lowest BCUT2D eigenvalue weighted by molar-refractivity contribution is 0.479. The number of nitriles is 1. The zero-order valence-corrected chi connectivity index (χ0v) is 8.70. The van der Waals surface area contributed by atoms with Crippen LogP contribution in [-0.2, 0) is 6.42 Å². The van der Waals surface area contributed by atoms with Gasteiger partial charge in [-0.3, -0.25) is 0 Å². The Morgan fingerprint density at radius 3 is 3.00 bits per heavy atom. The lowest BCUT2D eigenvalue weighted by Gasteiger charge is -2.06. The van der Waals surface area contributed by atoms with Gasteiger partial charge in [-0.15, -0.1) is 0 Å². The van der Waals surface area contributed by atoms with Crippen molar-refractivity contribution in [2.75, 3.05) is 13.6 Å². The van der Waals surface area contributed by atoms with Gasteiger partial charge in [0, 0.05) is 30.7 Å². The predicted octanol–water partition coefficient (Wildman–Crippen LogP) is 2.12. The van der Waals surface area contributed by atoms with Crippen LogP contribution in [0.25, 0.3) is 10.9 Å². The Balaban J connectivity index is 2.19. The summed E-state index contributed by atoms with van der Waals surface area (Å²) < 4.78 is 0. The molecule has 0 unspecified atom stereocenters. The molecule has 0 fully saturated rings. The number of rotatable bonds is 3. The quantitative estimate of drug-likeness (QED) is 0.607. The van der Waals surface area contributed by atoms with Gasteiger partial charge in [-0.25, -0.2) is 0 Å². The van der Waals surface area contributed by atoms with Crippen molar-refractivity contribution < 1.29 is 0 Å². The minimum atomic E-state index is 0.762. The smallest absolute Gasteiger partial charge is 0.179 e. The van der Waals surface area contributed by atoms with Gasteiger partial charge < -0.3 is 9.88 Å². The average molecular weight is 199 g/mol. The van der Waals surface area contributed by atoms with Crippen LogP contribution < -0.4 is 0 Å². The van der Waals surface area contributed by atoms with Crippen LogP contribution in [0.2, 0.25) is 0 Å². The molecule has 0 saturated carbocycles. The molecule has 1 heterocycles. The molecule has 0 aliphatic carbocycles. The molecule has 15 heavy (non-hydrogen) atoms. The Morgan fingerprint density at radius 2 is 2.20 bits per heavy atom. The van der Waals surface area contributed by atoms with Crippen molar-refractivity contribution in [1.29, 1.82) is 5.26 Å². The van der Waals surface area contributed by atoms with Gasteiger partial charge in [0.05, 0.1) is 0 Å². The van der Waals surface area contributed by atoms with Crippen LogP contribution in [0.3, 0.4) is 0 Å². The summed E-state index contributed by atoms with van der Waals surface area (Å²) in [6.07, 6.45) is 5.02. The molecule has 0 spiro atoms. The van der Waals surface area contributed by atoms with Gasteiger partial charge in [-0.1, -0.05) is 18.2 Å². The number of fused-ring (bicyclic) bond motifs is 1. The van der Waals surface area contributed by atoms with E-state index in [-0.39, 0.29) is 0 Å². The van der Waals surface area contributed by atoms with E-state index in [9.17, 15) is 0 Å². The standard InChI is InChI=1S/C12H13N3/c1-15(9-13)7-6-10-8-14-12-5-3-2-4-11(10)12/h2-5,8,14H,6-7H2,1H3. The van der Waals surface area contributed by atoms with Crippen LogP contribution >= 0.6 is 0 Å². The molecule has 0 atom stereocenters. The van der Waals surface area contributed by atoms with E-state index >= 15 is 0 Å². The highest BCUT2D eigenvalue weighted by atomic mass is 15.1. The molecule has 3 heteroatoms. The van der Waals surface area contributed by atoms with Crippen molar-refractivity contribution in [2.45, 2.75) is 6.42 Å². The topological polar surface area (TPSA) is 42.8 Å². The number of aromatic nitrogens is 1. The van der Waals surface area contributed by atoms with Crippen molar-refractivity contribution in [3.8, 4) is 6.19 Å². The molecule has 0 aliphatic heterocycles. The van der Waals surface area contributed by atoms with Crippen LogP contribution in [0, 0.1) is 11.5 Å². The monoisotopic (exact) mass is 199 g/mol. The van der Waals surface area contributed by atoms with Crippen LogP contribution in [0.15, 0.2) is 30.5 Å². The van der Waals surface area contributed by atoms with Gasteiger partial charge in [-0.05, 0) is 18.1 Å². The first-order valence-corrected chi connectivity index (χ1v) is 4.97. The zero-order chi connectivity index (χ0) is 10.7. The molecule has 0 saturated heterocycles. The maximum absolute atomic E-state index is 8.64. The first-order chi connectivity index (χ1) is 7.31. The number of aromatic amines is 1. The molecule has 2 rings (SSSR count). The van der Waals surface area contributed by atoms with E-state index in [2.05, 4.69) is 23.3 Å². The highest BCUT2D eigenvalue weighted by Gasteiger charge is 2.03. The van der Waals surface area contributed by atoms with E-state index in [4.69, 9.17) is 5.26 Å². The van der Waals surface area contributed by atoms with E-state index in [1.54, 1.807) is 11.9 Å². The summed E-state index contributed by atoms with van der Waals surface area (Å²) in [5.41, 5.74) is 2.43. The van der Waals surface area contributed by atoms with Gasteiger partial charge in [0.15, 0.2) is 6.19 Å². The second kappa shape index (κ2) is 4.05. The molecular weight excluding hydrogens is 186 g/mol. The van der Waals surface area contributed by atoms with Gasteiger partial charge in [0.1, 0.15) is 0 Å². The lowest BCUT2D eigenvalue weighted by atomic mass is 10.1. The van der Waals surface area contributed by atoms with Crippen molar-refractivity contribution in [1.82, 2.24) is 9.88 Å². The summed E-state index contributed by atoms with van der Waals surface area (Å²) in [5, 5.41) is 9.90. The Labute approximate surface area is 88.9 Å². The molecule has 0 bridgehead atoms. The van der Waals surface area contributed by atoms with Crippen LogP contribution in [0.4, 0.5) is 0 Å². The van der Waals surface area contributed by atoms with Crippen LogP contribution in [0.5, 0.6) is 0 Å². The van der Waals surface area contributed by atoms with E-state index in [1.165, 1.54) is 10.9 Å². The fourth-order valence-corrected chi connectivity index (χ4v) is 1.68. The number of H-pyrrole nitrogens is 1. The van der Waals surface area contributed by atoms with E-state index in [0.717, 1.165) is 18.5 Å². The van der Waals surface area contributed by atoms with Crippen molar-refractivity contribution in [2.24, 2.45) is 0 Å². The van der Waals surface area contributed by atoms with Crippen LogP contribution in [-0.4, -0.2) is 23.5 Å². The molecule has 0 amide bonds. The number of hydrogen-bond donors (Lipinski definition) is 1. The number of para-hydroxylation sites is 1. The van der Waals surface area contributed by atoms with E-state index < -0.39 is 0 Å². The molecule has 1 aromatic heterocycles. The molecule has 1 aromatic carbocycles. The van der Waals surface area contributed by atoms with Crippen molar-refractivity contribution >= 4 is 10.9 Å². The molecule has 3 nitrogen and oxygen atoms in total. The Hall–Kier alpha value is -1.95. The van der Waals surface area contributed by atoms with E-state index in [0.29, 0.717) is 0 Å². The Morgan fingerprint density at radius 1 is 1.40 bits per heavy atom. The van der Waals surface area contributed by atoms with Gasteiger partial charge >= 0.3 is 0 Å². The van der Waals surface area contributed by atoms with Crippen molar-refractivity contribution in [3.63, 3.8) is 0 Å². The Kier molecular flexibility index (Phi) is 2.59. The summed E-state index contributed by atoms with van der Waals surface area (Å²) in [6.45, 7) is 0.762. The Bertz CT molecular complexity index is 493. The van der Waals surface area contributed by atoms with Gasteiger partial charge in [0.25, 0.3) is 0 Å². The van der Waals surface area contributed by atoms with Crippen LogP contribution in [0.1, 0.15) is 5.56 Å². The zero-order valence-electron chi connectivity index (χ0n) is 8.70. The fourth-order valence-electron chi connectivity index (χ4n) is 1.68. The third-order valence-corrected chi connectivity index (χ3v) is 2.56. The minimum absolute atomic E-state index is 0.762. The summed E-state index contributed by atoms with van der Waals surface area (Å²) in [7, 11) is 1.80. The van der Waals surface area contributed by atoms with Gasteiger partial charge in [-0.2, -0.15) is 5.26 Å². The fraction of sp³-hybridized carbons (Fsp3) is 0.250.